The predicted octanol–water partition coefficient (Wildman–Crippen LogP) is 2.73. The molecule has 0 aliphatic heterocycles. The summed E-state index contributed by atoms with van der Waals surface area (Å²) in [5.74, 6) is 2.42. The molecular formula is C10H16ClN3S. The third-order valence-electron chi connectivity index (χ3n) is 1.93. The fourth-order valence-electron chi connectivity index (χ4n) is 1.20. The van der Waals surface area contributed by atoms with E-state index in [1.165, 1.54) is 0 Å². The number of nitrogens with one attached hydrogen (secondary N) is 1. The van der Waals surface area contributed by atoms with Gasteiger partial charge in [0.2, 0.25) is 0 Å². The lowest BCUT2D eigenvalue weighted by Gasteiger charge is -2.12. The minimum absolute atomic E-state index is 0.575. The molecule has 1 aromatic heterocycles. The van der Waals surface area contributed by atoms with E-state index in [-0.39, 0.29) is 0 Å². The topological polar surface area (TPSA) is 50.9 Å². The Kier molecular flexibility index (Phi) is 5.05. The first-order valence-corrected chi connectivity index (χ1v) is 6.54. The molecule has 15 heavy (non-hydrogen) atoms. The molecule has 1 unspecified atom stereocenters. The number of pyridine rings is 1. The van der Waals surface area contributed by atoms with Crippen LogP contribution < -0.4 is 11.1 Å². The van der Waals surface area contributed by atoms with Crippen LogP contribution in [0.15, 0.2) is 12.3 Å². The number of hydrogen-bond acceptors (Lipinski definition) is 4. The van der Waals surface area contributed by atoms with E-state index in [0.29, 0.717) is 22.4 Å². The molecule has 0 saturated heterocycles. The molecular weight excluding hydrogens is 230 g/mol. The van der Waals surface area contributed by atoms with Gasteiger partial charge in [-0.3, -0.25) is 0 Å². The molecule has 0 saturated carbocycles. The third-order valence-corrected chi connectivity index (χ3v) is 3.12. The van der Waals surface area contributed by atoms with Crippen molar-refractivity contribution in [2.24, 2.45) is 5.92 Å². The van der Waals surface area contributed by atoms with Gasteiger partial charge in [0.1, 0.15) is 5.82 Å². The van der Waals surface area contributed by atoms with Gasteiger partial charge in [-0.15, -0.1) is 0 Å². The van der Waals surface area contributed by atoms with Crippen LogP contribution in [0.5, 0.6) is 0 Å². The molecule has 0 aliphatic rings. The van der Waals surface area contributed by atoms with Gasteiger partial charge in [0, 0.05) is 6.54 Å². The number of thioether (sulfide) groups is 1. The van der Waals surface area contributed by atoms with Gasteiger partial charge in [0.05, 0.1) is 16.9 Å². The van der Waals surface area contributed by atoms with Crippen LogP contribution in [0.3, 0.4) is 0 Å². The van der Waals surface area contributed by atoms with Crippen LogP contribution in [0.2, 0.25) is 5.02 Å². The van der Waals surface area contributed by atoms with Crippen molar-refractivity contribution in [2.45, 2.75) is 6.92 Å². The largest absolute Gasteiger partial charge is 0.397 e. The summed E-state index contributed by atoms with van der Waals surface area (Å²) in [6, 6.07) is 1.70. The Bertz CT molecular complexity index is 320. The maximum atomic E-state index is 5.98. The number of hydrogen-bond donors (Lipinski definition) is 2. The zero-order valence-electron chi connectivity index (χ0n) is 8.96. The third kappa shape index (κ3) is 4.18. The Balaban J connectivity index is 2.50. The summed E-state index contributed by atoms with van der Waals surface area (Å²) >= 11 is 7.82. The SMILES string of the molecule is CSCC(C)CNc1ncc(N)cc1Cl. The molecule has 0 spiro atoms. The molecule has 0 radical (unpaired) electrons. The van der Waals surface area contributed by atoms with E-state index in [2.05, 4.69) is 23.5 Å². The highest BCUT2D eigenvalue weighted by molar-refractivity contribution is 7.98. The first-order valence-electron chi connectivity index (χ1n) is 4.77. The monoisotopic (exact) mass is 245 g/mol. The molecule has 3 N–H and O–H groups in total. The van der Waals surface area contributed by atoms with Crippen LogP contribution in [0.4, 0.5) is 11.5 Å². The van der Waals surface area contributed by atoms with E-state index in [1.54, 1.807) is 12.3 Å². The Morgan fingerprint density at radius 3 is 3.00 bits per heavy atom. The summed E-state index contributed by atoms with van der Waals surface area (Å²) in [5, 5.41) is 3.79. The summed E-state index contributed by atoms with van der Waals surface area (Å²) in [6.45, 7) is 3.06. The molecule has 0 amide bonds. The molecule has 3 nitrogen and oxygen atoms in total. The van der Waals surface area contributed by atoms with E-state index in [9.17, 15) is 0 Å². The second-order valence-corrected chi connectivity index (χ2v) is 4.86. The number of aromatic nitrogens is 1. The quantitative estimate of drug-likeness (QED) is 0.838. The molecule has 0 fully saturated rings. The van der Waals surface area contributed by atoms with Gasteiger partial charge >= 0.3 is 0 Å². The van der Waals surface area contributed by atoms with E-state index in [1.807, 2.05) is 11.8 Å². The molecule has 1 heterocycles. The van der Waals surface area contributed by atoms with Gasteiger partial charge in [-0.05, 0) is 24.0 Å². The molecule has 1 rings (SSSR count). The van der Waals surface area contributed by atoms with Crippen LogP contribution >= 0.6 is 23.4 Å². The van der Waals surface area contributed by atoms with Crippen molar-refractivity contribution in [2.75, 3.05) is 29.6 Å². The van der Waals surface area contributed by atoms with Crippen LogP contribution in [0, 0.1) is 5.92 Å². The van der Waals surface area contributed by atoms with Crippen LogP contribution in [0.25, 0.3) is 0 Å². The number of nitrogens with zero attached hydrogens (tertiary/aromatic N) is 1. The minimum Gasteiger partial charge on any atom is -0.397 e. The summed E-state index contributed by atoms with van der Waals surface area (Å²) in [5.41, 5.74) is 6.14. The van der Waals surface area contributed by atoms with Gasteiger partial charge < -0.3 is 11.1 Å². The van der Waals surface area contributed by atoms with Crippen molar-refractivity contribution < 1.29 is 0 Å². The average molecular weight is 246 g/mol. The van der Waals surface area contributed by atoms with E-state index < -0.39 is 0 Å². The smallest absolute Gasteiger partial charge is 0.144 e. The Morgan fingerprint density at radius 1 is 1.67 bits per heavy atom. The highest BCUT2D eigenvalue weighted by atomic mass is 35.5. The Labute approximate surface area is 99.8 Å². The maximum Gasteiger partial charge on any atom is 0.144 e. The second-order valence-electron chi connectivity index (χ2n) is 3.54. The normalized spacial score (nSPS) is 12.5. The molecule has 0 bridgehead atoms. The zero-order valence-corrected chi connectivity index (χ0v) is 10.5. The summed E-state index contributed by atoms with van der Waals surface area (Å²) in [6.07, 6.45) is 3.71. The van der Waals surface area contributed by atoms with Crippen molar-refractivity contribution in [3.63, 3.8) is 0 Å². The first kappa shape index (κ1) is 12.5. The van der Waals surface area contributed by atoms with Gasteiger partial charge in [0.25, 0.3) is 0 Å². The van der Waals surface area contributed by atoms with Crippen molar-refractivity contribution in [1.29, 1.82) is 0 Å². The van der Waals surface area contributed by atoms with Crippen molar-refractivity contribution in [3.8, 4) is 0 Å². The van der Waals surface area contributed by atoms with Gasteiger partial charge in [-0.2, -0.15) is 11.8 Å². The van der Waals surface area contributed by atoms with E-state index in [0.717, 1.165) is 12.3 Å². The standard InChI is InChI=1S/C10H16ClN3S/c1-7(6-15-2)4-13-10-9(11)3-8(12)5-14-10/h3,5,7H,4,6,12H2,1-2H3,(H,13,14). The van der Waals surface area contributed by atoms with E-state index in [4.69, 9.17) is 17.3 Å². The highest BCUT2D eigenvalue weighted by Gasteiger charge is 2.04. The lowest BCUT2D eigenvalue weighted by atomic mass is 10.2. The van der Waals surface area contributed by atoms with Crippen LogP contribution in [-0.4, -0.2) is 23.5 Å². The average Bonchev–Trinajstić information content (AvgIpc) is 2.17. The fraction of sp³-hybridized carbons (Fsp3) is 0.500. The van der Waals surface area contributed by atoms with E-state index >= 15 is 0 Å². The van der Waals surface area contributed by atoms with Crippen LogP contribution in [0.1, 0.15) is 6.92 Å². The zero-order chi connectivity index (χ0) is 11.3. The van der Waals surface area contributed by atoms with Gasteiger partial charge in [0.15, 0.2) is 0 Å². The highest BCUT2D eigenvalue weighted by Crippen LogP contribution is 2.21. The predicted molar refractivity (Wildman–Crippen MR) is 69.7 cm³/mol. The lowest BCUT2D eigenvalue weighted by Crippen LogP contribution is -2.14. The number of rotatable bonds is 5. The summed E-state index contributed by atoms with van der Waals surface area (Å²) in [7, 11) is 0. The minimum atomic E-state index is 0.575. The lowest BCUT2D eigenvalue weighted by molar-refractivity contribution is 0.699. The Morgan fingerprint density at radius 2 is 2.40 bits per heavy atom. The second kappa shape index (κ2) is 6.08. The first-order chi connectivity index (χ1) is 7.13. The van der Waals surface area contributed by atoms with Crippen molar-refractivity contribution in [1.82, 2.24) is 4.98 Å². The molecule has 0 aliphatic carbocycles. The molecule has 84 valence electrons. The number of halogens is 1. The Hall–Kier alpha value is -0.610. The molecule has 0 aromatic carbocycles. The fourth-order valence-corrected chi connectivity index (χ4v) is 2.13. The molecule has 1 aromatic rings. The summed E-state index contributed by atoms with van der Waals surface area (Å²) < 4.78 is 0. The van der Waals surface area contributed by atoms with Crippen molar-refractivity contribution >= 4 is 34.9 Å². The summed E-state index contributed by atoms with van der Waals surface area (Å²) in [4.78, 5) is 4.14. The van der Waals surface area contributed by atoms with Crippen LogP contribution in [-0.2, 0) is 0 Å². The number of nitrogens with two attached hydrogens (primary N) is 1. The molecule has 1 atom stereocenters. The maximum absolute atomic E-state index is 5.98. The van der Waals surface area contributed by atoms with Gasteiger partial charge in [-0.25, -0.2) is 4.98 Å². The molecule has 5 heteroatoms. The number of anilines is 2. The number of nitrogen functional groups attached to an aromatic ring is 1. The van der Waals surface area contributed by atoms with Gasteiger partial charge in [-0.1, -0.05) is 18.5 Å². The van der Waals surface area contributed by atoms with Crippen molar-refractivity contribution in [3.05, 3.63) is 17.3 Å².